The molecule has 0 bridgehead atoms. The quantitative estimate of drug-likeness (QED) is 0.853. The standard InChI is InChI=1S/C16H28N2S/c1-12(2)9-17-10-16-8-15(14(4)19-16)11-18-7-5-6-13(18)3/h8,12-13,17H,5-7,9-11H2,1-4H3. The molecular formula is C16H28N2S. The molecule has 19 heavy (non-hydrogen) atoms. The van der Waals surface area contributed by atoms with Crippen LogP contribution in [0.4, 0.5) is 0 Å². The van der Waals surface area contributed by atoms with E-state index in [1.165, 1.54) is 29.1 Å². The van der Waals surface area contributed by atoms with Crippen molar-refractivity contribution in [2.24, 2.45) is 5.92 Å². The number of likely N-dealkylation sites (tertiary alicyclic amines) is 1. The summed E-state index contributed by atoms with van der Waals surface area (Å²) in [6, 6.07) is 3.18. The van der Waals surface area contributed by atoms with Crippen LogP contribution in [0.15, 0.2) is 6.07 Å². The van der Waals surface area contributed by atoms with Gasteiger partial charge in [-0.05, 0) is 57.3 Å². The summed E-state index contributed by atoms with van der Waals surface area (Å²) >= 11 is 1.96. The lowest BCUT2D eigenvalue weighted by molar-refractivity contribution is 0.260. The average molecular weight is 280 g/mol. The third kappa shape index (κ3) is 4.30. The van der Waals surface area contributed by atoms with Gasteiger partial charge < -0.3 is 5.32 Å². The van der Waals surface area contributed by atoms with E-state index in [1.807, 2.05) is 11.3 Å². The molecule has 1 fully saturated rings. The lowest BCUT2D eigenvalue weighted by atomic mass is 10.2. The van der Waals surface area contributed by atoms with Crippen molar-refractivity contribution in [1.82, 2.24) is 10.2 Å². The van der Waals surface area contributed by atoms with Gasteiger partial charge in [0, 0.05) is 28.9 Å². The molecule has 108 valence electrons. The fraction of sp³-hybridized carbons (Fsp3) is 0.750. The first-order valence-electron chi connectivity index (χ1n) is 7.59. The molecule has 2 rings (SSSR count). The monoisotopic (exact) mass is 280 g/mol. The minimum atomic E-state index is 0.728. The minimum Gasteiger partial charge on any atom is -0.312 e. The van der Waals surface area contributed by atoms with Crippen LogP contribution >= 0.6 is 11.3 Å². The molecule has 0 amide bonds. The van der Waals surface area contributed by atoms with E-state index in [9.17, 15) is 0 Å². The summed E-state index contributed by atoms with van der Waals surface area (Å²) in [5.74, 6) is 0.728. The lowest BCUT2D eigenvalue weighted by Crippen LogP contribution is -2.26. The SMILES string of the molecule is Cc1sc(CNCC(C)C)cc1CN1CCCC1C. The van der Waals surface area contributed by atoms with Crippen LogP contribution in [0, 0.1) is 12.8 Å². The van der Waals surface area contributed by atoms with Gasteiger partial charge in [-0.3, -0.25) is 4.90 Å². The summed E-state index contributed by atoms with van der Waals surface area (Å²) in [5, 5.41) is 3.54. The summed E-state index contributed by atoms with van der Waals surface area (Å²) < 4.78 is 0. The number of aryl methyl sites for hydroxylation is 1. The highest BCUT2D eigenvalue weighted by atomic mass is 32.1. The van der Waals surface area contributed by atoms with E-state index in [-0.39, 0.29) is 0 Å². The van der Waals surface area contributed by atoms with E-state index < -0.39 is 0 Å². The summed E-state index contributed by atoms with van der Waals surface area (Å²) in [7, 11) is 0. The second kappa shape index (κ2) is 6.87. The van der Waals surface area contributed by atoms with Crippen LogP contribution in [-0.4, -0.2) is 24.0 Å². The molecule has 0 saturated carbocycles. The topological polar surface area (TPSA) is 15.3 Å². The number of thiophene rings is 1. The Balaban J connectivity index is 1.89. The van der Waals surface area contributed by atoms with Gasteiger partial charge in [0.25, 0.3) is 0 Å². The molecule has 0 spiro atoms. The van der Waals surface area contributed by atoms with Crippen LogP contribution in [0.1, 0.15) is 48.9 Å². The predicted molar refractivity (Wildman–Crippen MR) is 84.7 cm³/mol. The van der Waals surface area contributed by atoms with Gasteiger partial charge in [0.2, 0.25) is 0 Å². The third-order valence-corrected chi connectivity index (χ3v) is 5.08. The second-order valence-corrected chi connectivity index (χ2v) is 7.62. The average Bonchev–Trinajstić information content (AvgIpc) is 2.87. The number of nitrogens with one attached hydrogen (secondary N) is 1. The van der Waals surface area contributed by atoms with Crippen molar-refractivity contribution >= 4 is 11.3 Å². The largest absolute Gasteiger partial charge is 0.312 e. The smallest absolute Gasteiger partial charge is 0.0300 e. The molecule has 3 heteroatoms. The van der Waals surface area contributed by atoms with Crippen molar-refractivity contribution in [3.63, 3.8) is 0 Å². The molecule has 1 saturated heterocycles. The first-order valence-corrected chi connectivity index (χ1v) is 8.41. The molecular weight excluding hydrogens is 252 g/mol. The predicted octanol–water partition coefficient (Wildman–Crippen LogP) is 3.79. The van der Waals surface area contributed by atoms with Crippen LogP contribution in [0.3, 0.4) is 0 Å². The van der Waals surface area contributed by atoms with Gasteiger partial charge in [-0.15, -0.1) is 11.3 Å². The highest BCUT2D eigenvalue weighted by molar-refractivity contribution is 7.12. The van der Waals surface area contributed by atoms with E-state index in [4.69, 9.17) is 0 Å². The van der Waals surface area contributed by atoms with Gasteiger partial charge >= 0.3 is 0 Å². The number of rotatable bonds is 6. The van der Waals surface area contributed by atoms with Crippen LogP contribution in [-0.2, 0) is 13.1 Å². The highest BCUT2D eigenvalue weighted by Gasteiger charge is 2.21. The lowest BCUT2D eigenvalue weighted by Gasteiger charge is -2.20. The Morgan fingerprint density at radius 2 is 2.26 bits per heavy atom. The molecule has 2 heterocycles. The molecule has 0 aliphatic carbocycles. The molecule has 1 aliphatic heterocycles. The Hall–Kier alpha value is -0.380. The van der Waals surface area contributed by atoms with Gasteiger partial charge in [-0.2, -0.15) is 0 Å². The molecule has 2 nitrogen and oxygen atoms in total. The zero-order valence-electron chi connectivity index (χ0n) is 12.8. The molecule has 1 N–H and O–H groups in total. The summed E-state index contributed by atoms with van der Waals surface area (Å²) in [6.07, 6.45) is 2.74. The number of hydrogen-bond acceptors (Lipinski definition) is 3. The van der Waals surface area contributed by atoms with Crippen LogP contribution < -0.4 is 5.32 Å². The third-order valence-electron chi connectivity index (χ3n) is 3.99. The molecule has 1 aliphatic rings. The second-order valence-electron chi connectivity index (χ2n) is 6.28. The van der Waals surface area contributed by atoms with E-state index in [0.29, 0.717) is 0 Å². The zero-order chi connectivity index (χ0) is 13.8. The Bertz CT molecular complexity index is 397. The molecule has 0 aromatic carbocycles. The number of hydrogen-bond donors (Lipinski definition) is 1. The Labute approximate surface area is 122 Å². The van der Waals surface area contributed by atoms with E-state index in [1.54, 1.807) is 5.56 Å². The van der Waals surface area contributed by atoms with E-state index >= 15 is 0 Å². The zero-order valence-corrected chi connectivity index (χ0v) is 13.6. The fourth-order valence-corrected chi connectivity index (χ4v) is 3.79. The van der Waals surface area contributed by atoms with Gasteiger partial charge in [0.15, 0.2) is 0 Å². The van der Waals surface area contributed by atoms with Crippen LogP contribution in [0.25, 0.3) is 0 Å². The Morgan fingerprint density at radius 3 is 2.89 bits per heavy atom. The summed E-state index contributed by atoms with van der Waals surface area (Å²) in [4.78, 5) is 5.61. The van der Waals surface area contributed by atoms with Crippen LogP contribution in [0.5, 0.6) is 0 Å². The molecule has 1 aromatic heterocycles. The summed E-state index contributed by atoms with van der Waals surface area (Å²) in [5.41, 5.74) is 1.54. The molecule has 1 aromatic rings. The van der Waals surface area contributed by atoms with Crippen molar-refractivity contribution in [2.45, 2.75) is 59.7 Å². The van der Waals surface area contributed by atoms with Crippen molar-refractivity contribution in [1.29, 1.82) is 0 Å². The Morgan fingerprint density at radius 1 is 1.47 bits per heavy atom. The van der Waals surface area contributed by atoms with E-state index in [2.05, 4.69) is 44.0 Å². The highest BCUT2D eigenvalue weighted by Crippen LogP contribution is 2.26. The van der Waals surface area contributed by atoms with Gasteiger partial charge in [-0.1, -0.05) is 13.8 Å². The maximum atomic E-state index is 3.54. The fourth-order valence-electron chi connectivity index (χ4n) is 2.76. The van der Waals surface area contributed by atoms with E-state index in [0.717, 1.165) is 31.6 Å². The maximum Gasteiger partial charge on any atom is 0.0300 e. The van der Waals surface area contributed by atoms with Crippen molar-refractivity contribution in [2.75, 3.05) is 13.1 Å². The Kier molecular flexibility index (Phi) is 5.43. The van der Waals surface area contributed by atoms with Crippen LogP contribution in [0.2, 0.25) is 0 Å². The van der Waals surface area contributed by atoms with Gasteiger partial charge in [0.05, 0.1) is 0 Å². The van der Waals surface area contributed by atoms with Crippen molar-refractivity contribution in [3.8, 4) is 0 Å². The van der Waals surface area contributed by atoms with Crippen molar-refractivity contribution < 1.29 is 0 Å². The molecule has 1 atom stereocenters. The normalized spacial score (nSPS) is 20.6. The first kappa shape index (κ1) is 15.0. The minimum absolute atomic E-state index is 0.728. The first-order chi connectivity index (χ1) is 9.06. The van der Waals surface area contributed by atoms with Crippen molar-refractivity contribution in [3.05, 3.63) is 21.4 Å². The number of nitrogens with zero attached hydrogens (tertiary/aromatic N) is 1. The molecule has 0 radical (unpaired) electrons. The molecule has 1 unspecified atom stereocenters. The maximum absolute atomic E-state index is 3.54. The van der Waals surface area contributed by atoms with Gasteiger partial charge in [0.1, 0.15) is 0 Å². The summed E-state index contributed by atoms with van der Waals surface area (Å²) in [6.45, 7) is 13.7. The van der Waals surface area contributed by atoms with Gasteiger partial charge in [-0.25, -0.2) is 0 Å².